The molecule has 0 aliphatic rings. The van der Waals surface area contributed by atoms with Gasteiger partial charge in [-0.25, -0.2) is 0 Å². The van der Waals surface area contributed by atoms with E-state index in [1.807, 2.05) is 6.07 Å². The van der Waals surface area contributed by atoms with E-state index in [0.717, 1.165) is 18.8 Å². The van der Waals surface area contributed by atoms with Crippen LogP contribution in [-0.4, -0.2) is 31.8 Å². The van der Waals surface area contributed by atoms with Gasteiger partial charge < -0.3 is 15.4 Å². The monoisotopic (exact) mass is 195 g/mol. The zero-order valence-electron chi connectivity index (χ0n) is 8.73. The van der Waals surface area contributed by atoms with E-state index >= 15 is 0 Å². The number of methoxy groups -OCH3 is 1. The van der Waals surface area contributed by atoms with E-state index in [0.29, 0.717) is 12.3 Å². The smallest absolute Gasteiger partial charge is 0.0738 e. The molecule has 0 saturated carbocycles. The number of rotatable bonds is 5. The van der Waals surface area contributed by atoms with Crippen LogP contribution < -0.4 is 10.6 Å². The second kappa shape index (κ2) is 5.44. The molecular weight excluding hydrogens is 178 g/mol. The highest BCUT2D eigenvalue weighted by molar-refractivity contribution is 5.65. The van der Waals surface area contributed by atoms with Crippen molar-refractivity contribution in [2.24, 2.45) is 0 Å². The summed E-state index contributed by atoms with van der Waals surface area (Å²) in [6, 6.07) is 1.93. The van der Waals surface area contributed by atoms with E-state index in [4.69, 9.17) is 10.5 Å². The quantitative estimate of drug-likeness (QED) is 0.765. The summed E-state index contributed by atoms with van der Waals surface area (Å²) in [5.74, 6) is 0. The fourth-order valence-electron chi connectivity index (χ4n) is 1.34. The Morgan fingerprint density at radius 3 is 2.93 bits per heavy atom. The first-order valence-electron chi connectivity index (χ1n) is 4.73. The predicted octanol–water partition coefficient (Wildman–Crippen LogP) is 1.14. The molecule has 14 heavy (non-hydrogen) atoms. The fraction of sp³-hybridized carbons (Fsp3) is 0.500. The zero-order chi connectivity index (χ0) is 10.4. The minimum Gasteiger partial charge on any atom is -0.396 e. The lowest BCUT2D eigenvalue weighted by Gasteiger charge is -2.23. The summed E-state index contributed by atoms with van der Waals surface area (Å²) in [7, 11) is 1.70. The van der Waals surface area contributed by atoms with Crippen LogP contribution in [0.2, 0.25) is 0 Å². The first-order chi connectivity index (χ1) is 6.79. The number of anilines is 2. The van der Waals surface area contributed by atoms with E-state index in [2.05, 4.69) is 16.8 Å². The number of aromatic nitrogens is 1. The van der Waals surface area contributed by atoms with Crippen molar-refractivity contribution in [3.63, 3.8) is 0 Å². The Labute approximate surface area is 84.7 Å². The number of hydrogen-bond acceptors (Lipinski definition) is 4. The SMILES string of the molecule is CCN(CCOC)c1ccncc1N. The van der Waals surface area contributed by atoms with Crippen molar-refractivity contribution in [3.05, 3.63) is 18.5 Å². The Hall–Kier alpha value is -1.29. The maximum atomic E-state index is 5.82. The van der Waals surface area contributed by atoms with Gasteiger partial charge in [-0.2, -0.15) is 0 Å². The van der Waals surface area contributed by atoms with Crippen molar-refractivity contribution < 1.29 is 4.74 Å². The molecule has 0 aliphatic carbocycles. The molecule has 1 heterocycles. The van der Waals surface area contributed by atoms with Crippen molar-refractivity contribution in [1.29, 1.82) is 0 Å². The van der Waals surface area contributed by atoms with Gasteiger partial charge in [0.1, 0.15) is 0 Å². The lowest BCUT2D eigenvalue weighted by molar-refractivity contribution is 0.205. The second-order valence-electron chi connectivity index (χ2n) is 3.01. The fourth-order valence-corrected chi connectivity index (χ4v) is 1.34. The minimum atomic E-state index is 0.704. The molecule has 0 amide bonds. The second-order valence-corrected chi connectivity index (χ2v) is 3.01. The lowest BCUT2D eigenvalue weighted by atomic mass is 10.3. The van der Waals surface area contributed by atoms with Gasteiger partial charge in [0.2, 0.25) is 0 Å². The third kappa shape index (κ3) is 2.60. The number of ether oxygens (including phenoxy) is 1. The Morgan fingerprint density at radius 2 is 2.36 bits per heavy atom. The van der Waals surface area contributed by atoms with Gasteiger partial charge in [-0.1, -0.05) is 0 Å². The van der Waals surface area contributed by atoms with E-state index in [-0.39, 0.29) is 0 Å². The predicted molar refractivity (Wildman–Crippen MR) is 58.4 cm³/mol. The summed E-state index contributed by atoms with van der Waals surface area (Å²) in [5.41, 5.74) is 7.56. The molecule has 1 aromatic heterocycles. The molecule has 4 heteroatoms. The molecule has 0 atom stereocenters. The van der Waals surface area contributed by atoms with Crippen LogP contribution in [0.5, 0.6) is 0 Å². The average molecular weight is 195 g/mol. The highest BCUT2D eigenvalue weighted by Crippen LogP contribution is 2.20. The molecule has 2 N–H and O–H groups in total. The number of nitrogens with zero attached hydrogens (tertiary/aromatic N) is 2. The van der Waals surface area contributed by atoms with E-state index < -0.39 is 0 Å². The van der Waals surface area contributed by atoms with Crippen LogP contribution in [0.15, 0.2) is 18.5 Å². The number of pyridine rings is 1. The Morgan fingerprint density at radius 1 is 1.57 bits per heavy atom. The molecule has 0 aliphatic heterocycles. The summed E-state index contributed by atoms with van der Waals surface area (Å²) in [6.45, 7) is 4.56. The van der Waals surface area contributed by atoms with Crippen molar-refractivity contribution in [2.45, 2.75) is 6.92 Å². The zero-order valence-corrected chi connectivity index (χ0v) is 8.73. The molecule has 0 saturated heterocycles. The van der Waals surface area contributed by atoms with Gasteiger partial charge in [0.15, 0.2) is 0 Å². The number of nitrogens with two attached hydrogens (primary N) is 1. The lowest BCUT2D eigenvalue weighted by Crippen LogP contribution is -2.27. The van der Waals surface area contributed by atoms with Gasteiger partial charge in [0.25, 0.3) is 0 Å². The number of nitrogen functional groups attached to an aromatic ring is 1. The van der Waals surface area contributed by atoms with Gasteiger partial charge in [0.05, 0.1) is 24.2 Å². The molecule has 1 rings (SSSR count). The molecule has 4 nitrogen and oxygen atoms in total. The van der Waals surface area contributed by atoms with E-state index in [9.17, 15) is 0 Å². The van der Waals surface area contributed by atoms with E-state index in [1.165, 1.54) is 0 Å². The van der Waals surface area contributed by atoms with Crippen LogP contribution in [0.4, 0.5) is 11.4 Å². The van der Waals surface area contributed by atoms with Gasteiger partial charge >= 0.3 is 0 Å². The number of likely N-dealkylation sites (N-methyl/N-ethyl adjacent to an activating group) is 1. The maximum Gasteiger partial charge on any atom is 0.0738 e. The molecule has 0 fully saturated rings. The van der Waals surface area contributed by atoms with E-state index in [1.54, 1.807) is 19.5 Å². The average Bonchev–Trinajstić information content (AvgIpc) is 2.21. The molecule has 0 aromatic carbocycles. The third-order valence-electron chi connectivity index (χ3n) is 2.12. The summed E-state index contributed by atoms with van der Waals surface area (Å²) in [5, 5.41) is 0. The van der Waals surface area contributed by atoms with Crippen molar-refractivity contribution >= 4 is 11.4 Å². The Kier molecular flexibility index (Phi) is 4.19. The maximum absolute atomic E-state index is 5.82. The molecule has 1 aromatic rings. The van der Waals surface area contributed by atoms with Crippen LogP contribution in [0.25, 0.3) is 0 Å². The first-order valence-corrected chi connectivity index (χ1v) is 4.73. The molecule has 0 spiro atoms. The van der Waals surface area contributed by atoms with Gasteiger partial charge in [-0.3, -0.25) is 4.98 Å². The largest absolute Gasteiger partial charge is 0.396 e. The highest BCUT2D eigenvalue weighted by atomic mass is 16.5. The molecule has 0 radical (unpaired) electrons. The van der Waals surface area contributed by atoms with Crippen molar-refractivity contribution in [1.82, 2.24) is 4.98 Å². The summed E-state index contributed by atoms with van der Waals surface area (Å²) < 4.78 is 5.04. The molecular formula is C10H17N3O. The van der Waals surface area contributed by atoms with Crippen molar-refractivity contribution in [2.75, 3.05) is 37.4 Å². The Bertz CT molecular complexity index is 278. The summed E-state index contributed by atoms with van der Waals surface area (Å²) in [4.78, 5) is 6.13. The van der Waals surface area contributed by atoms with Crippen LogP contribution in [0.1, 0.15) is 6.92 Å². The van der Waals surface area contributed by atoms with Crippen LogP contribution in [0.3, 0.4) is 0 Å². The topological polar surface area (TPSA) is 51.4 Å². The van der Waals surface area contributed by atoms with Gasteiger partial charge in [-0.15, -0.1) is 0 Å². The minimum absolute atomic E-state index is 0.704. The van der Waals surface area contributed by atoms with Crippen LogP contribution >= 0.6 is 0 Å². The molecule has 0 unspecified atom stereocenters. The highest BCUT2D eigenvalue weighted by Gasteiger charge is 2.06. The molecule has 0 bridgehead atoms. The Balaban J connectivity index is 2.73. The normalized spacial score (nSPS) is 10.1. The van der Waals surface area contributed by atoms with Crippen LogP contribution in [0, 0.1) is 0 Å². The standard InChI is InChI=1S/C10H17N3O/c1-3-13(6-7-14-2)10-4-5-12-8-9(10)11/h4-5,8H,3,6-7,11H2,1-2H3. The summed E-state index contributed by atoms with van der Waals surface area (Å²) >= 11 is 0. The molecule has 78 valence electrons. The van der Waals surface area contributed by atoms with Gasteiger partial charge in [0, 0.05) is 26.4 Å². The van der Waals surface area contributed by atoms with Crippen LogP contribution in [-0.2, 0) is 4.74 Å². The van der Waals surface area contributed by atoms with Crippen molar-refractivity contribution in [3.8, 4) is 0 Å². The van der Waals surface area contributed by atoms with Gasteiger partial charge in [-0.05, 0) is 13.0 Å². The number of hydrogen-bond donors (Lipinski definition) is 1. The summed E-state index contributed by atoms with van der Waals surface area (Å²) in [6.07, 6.45) is 3.42. The first kappa shape index (κ1) is 10.8. The third-order valence-corrected chi connectivity index (χ3v) is 2.12.